The van der Waals surface area contributed by atoms with E-state index in [0.29, 0.717) is 12.6 Å². The minimum absolute atomic E-state index is 0.210. The number of hydrogen-bond donors (Lipinski definition) is 1. The van der Waals surface area contributed by atoms with E-state index >= 15 is 0 Å². The summed E-state index contributed by atoms with van der Waals surface area (Å²) in [6.45, 7) is 2.75. The first-order chi connectivity index (χ1) is 10.8. The average Bonchev–Trinajstić information content (AvgIpc) is 2.72. The molecule has 1 saturated heterocycles. The van der Waals surface area contributed by atoms with Crippen molar-refractivity contribution in [3.63, 3.8) is 0 Å². The van der Waals surface area contributed by atoms with Crippen molar-refractivity contribution >= 4 is 5.69 Å². The summed E-state index contributed by atoms with van der Waals surface area (Å²) >= 11 is 0. The summed E-state index contributed by atoms with van der Waals surface area (Å²) in [6.07, 6.45) is 2.19. The molecule has 3 nitrogen and oxygen atoms in total. The van der Waals surface area contributed by atoms with Gasteiger partial charge in [-0.15, -0.1) is 0 Å². The number of rotatable bonds is 1. The van der Waals surface area contributed by atoms with Gasteiger partial charge in [0.1, 0.15) is 11.6 Å². The first-order valence-electron chi connectivity index (χ1n) is 7.84. The van der Waals surface area contributed by atoms with E-state index in [-0.39, 0.29) is 5.82 Å². The molecule has 0 bridgehead atoms. The molecule has 1 fully saturated rings. The normalized spacial score (nSPS) is 18.1. The van der Waals surface area contributed by atoms with Gasteiger partial charge in [-0.1, -0.05) is 12.1 Å². The highest BCUT2D eigenvalue weighted by molar-refractivity contribution is 5.63. The SMILES string of the molecule is Fc1ccc2c(c1)CN(C1CCNCC1)c1ccccc1O2. The van der Waals surface area contributed by atoms with Crippen LogP contribution >= 0.6 is 0 Å². The summed E-state index contributed by atoms with van der Waals surface area (Å²) in [6, 6.07) is 13.3. The monoisotopic (exact) mass is 298 g/mol. The fourth-order valence-electron chi connectivity index (χ4n) is 3.38. The van der Waals surface area contributed by atoms with Gasteiger partial charge in [-0.3, -0.25) is 0 Å². The Morgan fingerprint density at radius 1 is 1.05 bits per heavy atom. The molecule has 22 heavy (non-hydrogen) atoms. The van der Waals surface area contributed by atoms with E-state index in [0.717, 1.165) is 48.7 Å². The highest BCUT2D eigenvalue weighted by Gasteiger charge is 2.27. The molecule has 2 heterocycles. The van der Waals surface area contributed by atoms with E-state index in [1.54, 1.807) is 12.1 Å². The molecule has 2 aliphatic rings. The fourth-order valence-corrected chi connectivity index (χ4v) is 3.38. The van der Waals surface area contributed by atoms with Crippen LogP contribution in [0.4, 0.5) is 10.1 Å². The summed E-state index contributed by atoms with van der Waals surface area (Å²) in [7, 11) is 0. The zero-order valence-corrected chi connectivity index (χ0v) is 12.4. The molecule has 4 rings (SSSR count). The molecule has 0 unspecified atom stereocenters. The van der Waals surface area contributed by atoms with E-state index in [4.69, 9.17) is 4.74 Å². The minimum Gasteiger partial charge on any atom is -0.455 e. The predicted octanol–water partition coefficient (Wildman–Crippen LogP) is 3.69. The lowest BCUT2D eigenvalue weighted by Gasteiger charge is -2.36. The van der Waals surface area contributed by atoms with Crippen molar-refractivity contribution < 1.29 is 9.13 Å². The van der Waals surface area contributed by atoms with Gasteiger partial charge in [-0.05, 0) is 56.3 Å². The van der Waals surface area contributed by atoms with Crippen LogP contribution in [0.2, 0.25) is 0 Å². The topological polar surface area (TPSA) is 24.5 Å². The molecule has 2 aromatic rings. The van der Waals surface area contributed by atoms with Crippen LogP contribution in [0.25, 0.3) is 0 Å². The molecule has 2 aliphatic heterocycles. The van der Waals surface area contributed by atoms with Crippen molar-refractivity contribution in [2.75, 3.05) is 18.0 Å². The van der Waals surface area contributed by atoms with Gasteiger partial charge >= 0.3 is 0 Å². The maximum absolute atomic E-state index is 13.6. The van der Waals surface area contributed by atoms with Crippen molar-refractivity contribution in [3.05, 3.63) is 53.8 Å². The standard InChI is InChI=1S/C18H19FN2O/c19-14-5-6-17-13(11-14)12-21(15-7-9-20-10-8-15)16-3-1-2-4-18(16)22-17/h1-6,11,15,20H,7-10,12H2. The van der Waals surface area contributed by atoms with Crippen LogP contribution < -0.4 is 15.0 Å². The van der Waals surface area contributed by atoms with Gasteiger partial charge in [-0.25, -0.2) is 4.39 Å². The maximum Gasteiger partial charge on any atom is 0.150 e. The lowest BCUT2D eigenvalue weighted by Crippen LogP contribution is -2.42. The van der Waals surface area contributed by atoms with Crippen molar-refractivity contribution in [3.8, 4) is 11.5 Å². The smallest absolute Gasteiger partial charge is 0.150 e. The molecule has 0 radical (unpaired) electrons. The first-order valence-corrected chi connectivity index (χ1v) is 7.84. The number of nitrogens with zero attached hydrogens (tertiary/aromatic N) is 1. The lowest BCUT2D eigenvalue weighted by atomic mass is 10.0. The van der Waals surface area contributed by atoms with Crippen LogP contribution in [0.3, 0.4) is 0 Å². The summed E-state index contributed by atoms with van der Waals surface area (Å²) < 4.78 is 19.7. The Bertz CT molecular complexity index is 683. The van der Waals surface area contributed by atoms with E-state index in [9.17, 15) is 4.39 Å². The zero-order chi connectivity index (χ0) is 14.9. The van der Waals surface area contributed by atoms with Crippen molar-refractivity contribution in [2.24, 2.45) is 0 Å². The van der Waals surface area contributed by atoms with Crippen LogP contribution in [0.5, 0.6) is 11.5 Å². The Balaban J connectivity index is 1.78. The number of fused-ring (bicyclic) bond motifs is 2. The third-order valence-electron chi connectivity index (χ3n) is 4.51. The van der Waals surface area contributed by atoms with Gasteiger partial charge in [0.15, 0.2) is 5.75 Å². The number of piperidine rings is 1. The molecule has 0 saturated carbocycles. The molecular weight excluding hydrogens is 279 g/mol. The Morgan fingerprint density at radius 3 is 2.73 bits per heavy atom. The molecule has 0 spiro atoms. The maximum atomic E-state index is 13.6. The summed E-state index contributed by atoms with van der Waals surface area (Å²) in [5, 5.41) is 3.40. The first kappa shape index (κ1) is 13.6. The van der Waals surface area contributed by atoms with Crippen LogP contribution in [-0.2, 0) is 6.54 Å². The van der Waals surface area contributed by atoms with E-state index in [1.807, 2.05) is 18.2 Å². The van der Waals surface area contributed by atoms with Crippen LogP contribution in [0.15, 0.2) is 42.5 Å². The molecule has 2 aromatic carbocycles. The quantitative estimate of drug-likeness (QED) is 0.869. The molecule has 0 atom stereocenters. The molecule has 114 valence electrons. The van der Waals surface area contributed by atoms with Crippen molar-refractivity contribution in [1.29, 1.82) is 0 Å². The van der Waals surface area contributed by atoms with Gasteiger partial charge in [0.25, 0.3) is 0 Å². The molecular formula is C18H19FN2O. The third kappa shape index (κ3) is 2.44. The van der Waals surface area contributed by atoms with E-state index in [2.05, 4.69) is 16.3 Å². The van der Waals surface area contributed by atoms with Gasteiger partial charge in [0.05, 0.1) is 5.69 Å². The molecule has 0 aliphatic carbocycles. The largest absolute Gasteiger partial charge is 0.455 e. The number of benzene rings is 2. The predicted molar refractivity (Wildman–Crippen MR) is 85.0 cm³/mol. The molecule has 0 amide bonds. The Morgan fingerprint density at radius 2 is 1.86 bits per heavy atom. The zero-order valence-electron chi connectivity index (χ0n) is 12.4. The molecule has 4 heteroatoms. The lowest BCUT2D eigenvalue weighted by molar-refractivity contribution is 0.428. The summed E-state index contributed by atoms with van der Waals surface area (Å²) in [5.41, 5.74) is 2.01. The van der Waals surface area contributed by atoms with Gasteiger partial charge in [0, 0.05) is 18.2 Å². The highest BCUT2D eigenvalue weighted by atomic mass is 19.1. The van der Waals surface area contributed by atoms with Crippen molar-refractivity contribution in [1.82, 2.24) is 5.32 Å². The van der Waals surface area contributed by atoms with E-state index < -0.39 is 0 Å². The van der Waals surface area contributed by atoms with E-state index in [1.165, 1.54) is 6.07 Å². The third-order valence-corrected chi connectivity index (χ3v) is 4.51. The Labute approximate surface area is 129 Å². The number of nitrogens with one attached hydrogen (secondary N) is 1. The summed E-state index contributed by atoms with van der Waals surface area (Å²) in [4.78, 5) is 2.38. The number of para-hydroxylation sites is 2. The number of hydrogen-bond acceptors (Lipinski definition) is 3. The highest BCUT2D eigenvalue weighted by Crippen LogP contribution is 2.40. The second kappa shape index (κ2) is 5.61. The van der Waals surface area contributed by atoms with Crippen LogP contribution in [0, 0.1) is 5.82 Å². The number of ether oxygens (including phenoxy) is 1. The Hall–Kier alpha value is -2.07. The van der Waals surface area contributed by atoms with Crippen molar-refractivity contribution in [2.45, 2.75) is 25.4 Å². The van der Waals surface area contributed by atoms with Gasteiger partial charge in [0.2, 0.25) is 0 Å². The minimum atomic E-state index is -0.210. The van der Waals surface area contributed by atoms with Gasteiger partial charge < -0.3 is 15.0 Å². The van der Waals surface area contributed by atoms with Gasteiger partial charge in [-0.2, -0.15) is 0 Å². The molecule has 0 aromatic heterocycles. The Kier molecular flexibility index (Phi) is 3.47. The average molecular weight is 298 g/mol. The summed E-state index contributed by atoms with van der Waals surface area (Å²) in [5.74, 6) is 1.40. The number of anilines is 1. The fraction of sp³-hybridized carbons (Fsp3) is 0.333. The van der Waals surface area contributed by atoms with Crippen LogP contribution in [-0.4, -0.2) is 19.1 Å². The van der Waals surface area contributed by atoms with Crippen LogP contribution in [0.1, 0.15) is 18.4 Å². The molecule has 1 N–H and O–H groups in total. The second-order valence-corrected chi connectivity index (χ2v) is 5.93. The second-order valence-electron chi connectivity index (χ2n) is 5.93. The number of halogens is 1.